The highest BCUT2D eigenvalue weighted by Gasteiger charge is 2.35. The average molecular weight is 261 g/mol. The van der Waals surface area contributed by atoms with Gasteiger partial charge in [-0.3, -0.25) is 4.90 Å². The van der Waals surface area contributed by atoms with Gasteiger partial charge in [-0.15, -0.1) is 0 Å². The molecule has 0 aliphatic carbocycles. The highest BCUT2D eigenvalue weighted by atomic mass is 16.6. The number of fused-ring (bicyclic) bond motifs is 1. The lowest BCUT2D eigenvalue weighted by atomic mass is 9.90. The first-order valence-corrected chi connectivity index (χ1v) is 6.88. The predicted molar refractivity (Wildman–Crippen MR) is 76.1 cm³/mol. The minimum Gasteiger partial charge on any atom is -0.444 e. The van der Waals surface area contributed by atoms with Crippen molar-refractivity contribution in [3.8, 4) is 0 Å². The molecular weight excluding hydrogens is 238 g/mol. The summed E-state index contributed by atoms with van der Waals surface area (Å²) in [5.74, 6) is 0. The molecule has 0 saturated heterocycles. The molecule has 0 spiro atoms. The minimum atomic E-state index is -0.451. The van der Waals surface area contributed by atoms with Crippen molar-refractivity contribution in [2.45, 2.75) is 58.7 Å². The van der Waals surface area contributed by atoms with Gasteiger partial charge in [-0.25, -0.2) is 4.79 Å². The summed E-state index contributed by atoms with van der Waals surface area (Å²) >= 11 is 0. The van der Waals surface area contributed by atoms with Crippen molar-refractivity contribution in [3.63, 3.8) is 0 Å². The normalized spacial score (nSPS) is 22.9. The third-order valence-electron chi connectivity index (χ3n) is 3.52. The Balaban J connectivity index is 2.26. The maximum absolute atomic E-state index is 12.3. The summed E-state index contributed by atoms with van der Waals surface area (Å²) in [5.41, 5.74) is 2.11. The monoisotopic (exact) mass is 261 g/mol. The Morgan fingerprint density at radius 1 is 1.26 bits per heavy atom. The van der Waals surface area contributed by atoms with Gasteiger partial charge in [-0.2, -0.15) is 0 Å². The zero-order valence-corrected chi connectivity index (χ0v) is 12.4. The van der Waals surface area contributed by atoms with E-state index in [0.29, 0.717) is 0 Å². The van der Waals surface area contributed by atoms with Crippen molar-refractivity contribution in [1.82, 2.24) is 4.90 Å². The SMILES string of the molecule is CC1Cc2ccccc2C(C)N1C(=O)OC(C)(C)C. The van der Waals surface area contributed by atoms with E-state index < -0.39 is 5.60 Å². The number of rotatable bonds is 0. The third kappa shape index (κ3) is 2.91. The Morgan fingerprint density at radius 3 is 2.53 bits per heavy atom. The molecule has 0 N–H and O–H groups in total. The summed E-state index contributed by atoms with van der Waals surface area (Å²) in [6, 6.07) is 8.56. The van der Waals surface area contributed by atoms with Crippen molar-refractivity contribution in [2.75, 3.05) is 0 Å². The van der Waals surface area contributed by atoms with E-state index in [2.05, 4.69) is 32.0 Å². The molecule has 0 aromatic heterocycles. The van der Waals surface area contributed by atoms with Crippen molar-refractivity contribution in [3.05, 3.63) is 35.4 Å². The standard InChI is InChI=1S/C16H23NO2/c1-11-10-13-8-6-7-9-14(13)12(2)17(11)15(18)19-16(3,4)5/h6-9,11-12H,10H2,1-5H3. The van der Waals surface area contributed by atoms with E-state index in [1.165, 1.54) is 11.1 Å². The van der Waals surface area contributed by atoms with E-state index in [1.54, 1.807) is 0 Å². The lowest BCUT2D eigenvalue weighted by Gasteiger charge is -2.40. The Kier molecular flexibility index (Phi) is 3.57. The van der Waals surface area contributed by atoms with E-state index in [4.69, 9.17) is 4.74 Å². The molecule has 1 aromatic rings. The molecule has 3 heteroatoms. The first kappa shape index (κ1) is 13.9. The molecule has 1 aliphatic rings. The van der Waals surface area contributed by atoms with Gasteiger partial charge in [-0.05, 0) is 52.2 Å². The van der Waals surface area contributed by atoms with Gasteiger partial charge < -0.3 is 4.74 Å². The molecule has 2 unspecified atom stereocenters. The fourth-order valence-corrected chi connectivity index (χ4v) is 2.73. The van der Waals surface area contributed by atoms with Crippen LogP contribution >= 0.6 is 0 Å². The highest BCUT2D eigenvalue weighted by molar-refractivity contribution is 5.70. The van der Waals surface area contributed by atoms with Crippen LogP contribution in [0.25, 0.3) is 0 Å². The maximum atomic E-state index is 12.3. The number of ether oxygens (including phenoxy) is 1. The van der Waals surface area contributed by atoms with Gasteiger partial charge in [0.2, 0.25) is 0 Å². The summed E-state index contributed by atoms with van der Waals surface area (Å²) in [4.78, 5) is 14.2. The number of carbonyl (C=O) groups excluding carboxylic acids is 1. The topological polar surface area (TPSA) is 29.5 Å². The van der Waals surface area contributed by atoms with Crippen LogP contribution in [-0.4, -0.2) is 22.6 Å². The summed E-state index contributed by atoms with van der Waals surface area (Å²) in [7, 11) is 0. The molecule has 19 heavy (non-hydrogen) atoms. The van der Waals surface area contributed by atoms with Gasteiger partial charge in [0.1, 0.15) is 5.60 Å². The maximum Gasteiger partial charge on any atom is 0.411 e. The van der Waals surface area contributed by atoms with Crippen LogP contribution in [0.5, 0.6) is 0 Å². The molecule has 1 amide bonds. The smallest absolute Gasteiger partial charge is 0.411 e. The largest absolute Gasteiger partial charge is 0.444 e. The number of hydrogen-bond acceptors (Lipinski definition) is 2. The summed E-state index contributed by atoms with van der Waals surface area (Å²) < 4.78 is 5.52. The van der Waals surface area contributed by atoms with E-state index in [-0.39, 0.29) is 18.2 Å². The highest BCUT2D eigenvalue weighted by Crippen LogP contribution is 2.33. The fraction of sp³-hybridized carbons (Fsp3) is 0.562. The Hall–Kier alpha value is -1.51. The van der Waals surface area contributed by atoms with Crippen LogP contribution < -0.4 is 0 Å². The zero-order valence-electron chi connectivity index (χ0n) is 12.4. The first-order valence-electron chi connectivity index (χ1n) is 6.88. The average Bonchev–Trinajstić information content (AvgIpc) is 2.26. The quantitative estimate of drug-likeness (QED) is 0.708. The third-order valence-corrected chi connectivity index (χ3v) is 3.52. The summed E-state index contributed by atoms with van der Waals surface area (Å²) in [5, 5.41) is 0. The van der Waals surface area contributed by atoms with E-state index in [0.717, 1.165) is 6.42 Å². The molecule has 0 saturated carbocycles. The fourth-order valence-electron chi connectivity index (χ4n) is 2.73. The van der Waals surface area contributed by atoms with Gasteiger partial charge in [0, 0.05) is 6.04 Å². The lowest BCUT2D eigenvalue weighted by Crippen LogP contribution is -2.47. The van der Waals surface area contributed by atoms with Gasteiger partial charge in [0.05, 0.1) is 6.04 Å². The molecule has 104 valence electrons. The number of carbonyl (C=O) groups is 1. The molecule has 1 aromatic carbocycles. The molecule has 0 radical (unpaired) electrons. The number of benzene rings is 1. The van der Waals surface area contributed by atoms with Crippen molar-refractivity contribution in [1.29, 1.82) is 0 Å². The number of hydrogen-bond donors (Lipinski definition) is 0. The number of amides is 1. The molecule has 3 nitrogen and oxygen atoms in total. The van der Waals surface area contributed by atoms with E-state index in [9.17, 15) is 4.79 Å². The molecule has 1 heterocycles. The molecular formula is C16H23NO2. The summed E-state index contributed by atoms with van der Waals surface area (Å²) in [6.07, 6.45) is 0.668. The van der Waals surface area contributed by atoms with Crippen LogP contribution in [-0.2, 0) is 11.2 Å². The predicted octanol–water partition coefficient (Wildman–Crippen LogP) is 3.93. The second kappa shape index (κ2) is 4.87. The second-order valence-corrected chi connectivity index (χ2v) is 6.32. The summed E-state index contributed by atoms with van der Waals surface area (Å²) in [6.45, 7) is 9.85. The molecule has 0 bridgehead atoms. The van der Waals surface area contributed by atoms with Crippen LogP contribution in [0.15, 0.2) is 24.3 Å². The van der Waals surface area contributed by atoms with Crippen molar-refractivity contribution in [2.24, 2.45) is 0 Å². The minimum absolute atomic E-state index is 0.0646. The first-order chi connectivity index (χ1) is 8.79. The van der Waals surface area contributed by atoms with Crippen molar-refractivity contribution < 1.29 is 9.53 Å². The van der Waals surface area contributed by atoms with Gasteiger partial charge in [0.25, 0.3) is 0 Å². The van der Waals surface area contributed by atoms with Crippen LogP contribution in [0, 0.1) is 0 Å². The molecule has 2 rings (SSSR count). The van der Waals surface area contributed by atoms with Crippen LogP contribution in [0.2, 0.25) is 0 Å². The van der Waals surface area contributed by atoms with Gasteiger partial charge in [-0.1, -0.05) is 24.3 Å². The van der Waals surface area contributed by atoms with Gasteiger partial charge >= 0.3 is 6.09 Å². The Bertz CT molecular complexity index is 476. The van der Waals surface area contributed by atoms with Gasteiger partial charge in [0.15, 0.2) is 0 Å². The lowest BCUT2D eigenvalue weighted by molar-refractivity contribution is 0.00583. The zero-order chi connectivity index (χ0) is 14.2. The second-order valence-electron chi connectivity index (χ2n) is 6.32. The molecule has 0 fully saturated rings. The van der Waals surface area contributed by atoms with Crippen molar-refractivity contribution >= 4 is 6.09 Å². The Labute approximate surface area is 115 Å². The van der Waals surface area contributed by atoms with E-state index in [1.807, 2.05) is 31.7 Å². The van der Waals surface area contributed by atoms with E-state index >= 15 is 0 Å². The molecule has 1 aliphatic heterocycles. The van der Waals surface area contributed by atoms with Crippen LogP contribution in [0.3, 0.4) is 0 Å². The number of nitrogens with zero attached hydrogens (tertiary/aromatic N) is 1. The Morgan fingerprint density at radius 2 is 1.89 bits per heavy atom. The van der Waals surface area contributed by atoms with Crippen LogP contribution in [0.1, 0.15) is 51.8 Å². The molecule has 2 atom stereocenters. The van der Waals surface area contributed by atoms with Crippen LogP contribution in [0.4, 0.5) is 4.79 Å².